The lowest BCUT2D eigenvalue weighted by molar-refractivity contribution is -0.130. The molecular formula is C18H29N3O3. The molecule has 1 aliphatic heterocycles. The van der Waals surface area contributed by atoms with E-state index in [0.29, 0.717) is 0 Å². The lowest BCUT2D eigenvalue weighted by Gasteiger charge is -2.23. The summed E-state index contributed by atoms with van der Waals surface area (Å²) in [7, 11) is 1.53. The minimum atomic E-state index is -0.839. The number of amides is 3. The van der Waals surface area contributed by atoms with Crippen molar-refractivity contribution in [1.82, 2.24) is 15.7 Å². The van der Waals surface area contributed by atoms with Gasteiger partial charge in [-0.2, -0.15) is 5.48 Å². The van der Waals surface area contributed by atoms with Crippen molar-refractivity contribution in [3.63, 3.8) is 0 Å². The zero-order valence-corrected chi connectivity index (χ0v) is 15.3. The van der Waals surface area contributed by atoms with Gasteiger partial charge < -0.3 is 10.2 Å². The molecule has 3 amide bonds. The van der Waals surface area contributed by atoms with Crippen LogP contribution in [0.1, 0.15) is 39.7 Å². The molecule has 1 saturated heterocycles. The van der Waals surface area contributed by atoms with E-state index in [-0.39, 0.29) is 24.5 Å². The number of carbonyl (C=O) groups is 2. The van der Waals surface area contributed by atoms with E-state index in [2.05, 4.69) is 22.9 Å². The summed E-state index contributed by atoms with van der Waals surface area (Å²) in [5.74, 6) is -0.208. The van der Waals surface area contributed by atoms with Crippen molar-refractivity contribution in [1.29, 1.82) is 0 Å². The van der Waals surface area contributed by atoms with Crippen LogP contribution < -0.4 is 10.8 Å². The molecule has 2 N–H and O–H groups in total. The molecule has 1 heterocycles. The summed E-state index contributed by atoms with van der Waals surface area (Å²) in [6, 6.07) is 9.61. The first kappa shape index (κ1) is 20.1. The monoisotopic (exact) mass is 335 g/mol. The predicted molar refractivity (Wildman–Crippen MR) is 94.4 cm³/mol. The van der Waals surface area contributed by atoms with Crippen LogP contribution in [0.4, 0.5) is 4.79 Å². The number of nitrogens with zero attached hydrogens (tertiary/aromatic N) is 1. The van der Waals surface area contributed by atoms with Crippen LogP contribution in [0.3, 0.4) is 0 Å². The van der Waals surface area contributed by atoms with Gasteiger partial charge in [-0.3, -0.25) is 9.69 Å². The molecule has 24 heavy (non-hydrogen) atoms. The van der Waals surface area contributed by atoms with Gasteiger partial charge in [0.25, 0.3) is 5.91 Å². The Morgan fingerprint density at radius 2 is 1.83 bits per heavy atom. The van der Waals surface area contributed by atoms with Gasteiger partial charge >= 0.3 is 6.03 Å². The molecule has 0 spiro atoms. The minimum Gasteiger partial charge on any atom is -0.324 e. The molecule has 1 atom stereocenters. The molecule has 1 fully saturated rings. The van der Waals surface area contributed by atoms with Crippen LogP contribution in [0.15, 0.2) is 30.3 Å². The Kier molecular flexibility index (Phi) is 7.88. The standard InChI is InChI=1S/C16H23N3O3.C2H6/c1-16(2)14(20)19(15(21)17-16)11-13(18-22-3)10-9-12-7-5-4-6-8-12;1-2/h4-8,13,18H,9-11H2,1-3H3,(H,17,21);1-2H3. The molecule has 1 aromatic carbocycles. The summed E-state index contributed by atoms with van der Waals surface area (Å²) in [5, 5.41) is 2.68. The summed E-state index contributed by atoms with van der Waals surface area (Å²) in [5.41, 5.74) is 3.25. The van der Waals surface area contributed by atoms with Gasteiger partial charge in [-0.1, -0.05) is 44.2 Å². The average Bonchev–Trinajstić information content (AvgIpc) is 2.77. The number of urea groups is 1. The maximum Gasteiger partial charge on any atom is 0.325 e. The third kappa shape index (κ3) is 5.32. The lowest BCUT2D eigenvalue weighted by atomic mass is 10.0. The Morgan fingerprint density at radius 3 is 2.33 bits per heavy atom. The minimum absolute atomic E-state index is 0.117. The fraction of sp³-hybridized carbons (Fsp3) is 0.556. The van der Waals surface area contributed by atoms with E-state index in [4.69, 9.17) is 4.84 Å². The van der Waals surface area contributed by atoms with Crippen molar-refractivity contribution in [3.8, 4) is 0 Å². The zero-order valence-electron chi connectivity index (χ0n) is 15.3. The maximum absolute atomic E-state index is 12.2. The Bertz CT molecular complexity index is 532. The van der Waals surface area contributed by atoms with Gasteiger partial charge in [-0.05, 0) is 32.3 Å². The van der Waals surface area contributed by atoms with Crippen LogP contribution in [0.25, 0.3) is 0 Å². The normalized spacial score (nSPS) is 17.1. The van der Waals surface area contributed by atoms with Crippen LogP contribution in [-0.2, 0) is 16.1 Å². The van der Waals surface area contributed by atoms with Crippen LogP contribution in [0, 0.1) is 0 Å². The Labute approximate surface area is 144 Å². The fourth-order valence-electron chi connectivity index (χ4n) is 2.54. The first-order chi connectivity index (χ1) is 11.4. The van der Waals surface area contributed by atoms with E-state index in [1.165, 1.54) is 17.6 Å². The van der Waals surface area contributed by atoms with Crippen molar-refractivity contribution < 1.29 is 14.4 Å². The average molecular weight is 335 g/mol. The fourth-order valence-corrected chi connectivity index (χ4v) is 2.54. The van der Waals surface area contributed by atoms with E-state index in [0.717, 1.165) is 12.8 Å². The highest BCUT2D eigenvalue weighted by atomic mass is 16.6. The number of nitrogens with one attached hydrogen (secondary N) is 2. The summed E-state index contributed by atoms with van der Waals surface area (Å²) < 4.78 is 0. The third-order valence-electron chi connectivity index (χ3n) is 3.76. The number of carbonyl (C=O) groups excluding carboxylic acids is 2. The summed E-state index contributed by atoms with van der Waals surface area (Å²) in [6.07, 6.45) is 1.60. The van der Waals surface area contributed by atoms with Crippen molar-refractivity contribution in [2.24, 2.45) is 0 Å². The van der Waals surface area contributed by atoms with E-state index < -0.39 is 5.54 Å². The highest BCUT2D eigenvalue weighted by molar-refractivity contribution is 6.06. The topological polar surface area (TPSA) is 70.7 Å². The highest BCUT2D eigenvalue weighted by Gasteiger charge is 2.44. The largest absolute Gasteiger partial charge is 0.325 e. The molecule has 0 aromatic heterocycles. The third-order valence-corrected chi connectivity index (χ3v) is 3.76. The van der Waals surface area contributed by atoms with Gasteiger partial charge in [0.15, 0.2) is 0 Å². The molecule has 0 saturated carbocycles. The second-order valence-electron chi connectivity index (χ2n) is 6.01. The Hall–Kier alpha value is -1.92. The molecule has 0 bridgehead atoms. The smallest absolute Gasteiger partial charge is 0.324 e. The number of imide groups is 1. The number of hydrogen-bond donors (Lipinski definition) is 2. The zero-order chi connectivity index (χ0) is 18.2. The molecule has 1 aliphatic rings. The number of benzene rings is 1. The predicted octanol–water partition coefficient (Wildman–Crippen LogP) is 2.50. The number of hydroxylamine groups is 1. The van der Waals surface area contributed by atoms with Gasteiger partial charge in [0.2, 0.25) is 0 Å². The lowest BCUT2D eigenvalue weighted by Crippen LogP contribution is -2.45. The van der Waals surface area contributed by atoms with Crippen molar-refractivity contribution in [2.45, 2.75) is 52.1 Å². The molecule has 0 aliphatic carbocycles. The summed E-state index contributed by atoms with van der Waals surface area (Å²) >= 11 is 0. The second kappa shape index (κ2) is 9.39. The molecule has 1 aromatic rings. The first-order valence-corrected chi connectivity index (χ1v) is 8.40. The quantitative estimate of drug-likeness (QED) is 0.593. The van der Waals surface area contributed by atoms with E-state index in [1.54, 1.807) is 13.8 Å². The number of hydrogen-bond acceptors (Lipinski definition) is 4. The molecule has 6 nitrogen and oxygen atoms in total. The van der Waals surface area contributed by atoms with Crippen LogP contribution in [0.2, 0.25) is 0 Å². The molecule has 0 radical (unpaired) electrons. The Morgan fingerprint density at radius 1 is 1.21 bits per heavy atom. The van der Waals surface area contributed by atoms with E-state index >= 15 is 0 Å². The molecule has 2 rings (SSSR count). The van der Waals surface area contributed by atoms with E-state index in [9.17, 15) is 9.59 Å². The van der Waals surface area contributed by atoms with Gasteiger partial charge in [0.05, 0.1) is 13.2 Å². The van der Waals surface area contributed by atoms with Crippen LogP contribution >= 0.6 is 0 Å². The van der Waals surface area contributed by atoms with Crippen molar-refractivity contribution in [3.05, 3.63) is 35.9 Å². The molecule has 134 valence electrons. The summed E-state index contributed by atoms with van der Waals surface area (Å²) in [4.78, 5) is 30.4. The number of aryl methyl sites for hydroxylation is 1. The first-order valence-electron chi connectivity index (χ1n) is 8.40. The van der Waals surface area contributed by atoms with Gasteiger partial charge in [0, 0.05) is 6.54 Å². The SMILES string of the molecule is CC.CONC(CCc1ccccc1)CN1C(=O)NC(C)(C)C1=O. The van der Waals surface area contributed by atoms with Crippen molar-refractivity contribution >= 4 is 11.9 Å². The van der Waals surface area contributed by atoms with Crippen LogP contribution in [-0.4, -0.2) is 42.1 Å². The maximum atomic E-state index is 12.2. The number of rotatable bonds is 7. The molecule has 1 unspecified atom stereocenters. The molecule has 6 heteroatoms. The van der Waals surface area contributed by atoms with Gasteiger partial charge in [-0.25, -0.2) is 4.79 Å². The van der Waals surface area contributed by atoms with Crippen LogP contribution in [0.5, 0.6) is 0 Å². The molecular weight excluding hydrogens is 306 g/mol. The highest BCUT2D eigenvalue weighted by Crippen LogP contribution is 2.17. The van der Waals surface area contributed by atoms with Gasteiger partial charge in [-0.15, -0.1) is 0 Å². The Balaban J connectivity index is 0.00000139. The van der Waals surface area contributed by atoms with E-state index in [1.807, 2.05) is 32.0 Å². The second-order valence-corrected chi connectivity index (χ2v) is 6.01. The van der Waals surface area contributed by atoms with Crippen molar-refractivity contribution in [2.75, 3.05) is 13.7 Å². The summed E-state index contributed by atoms with van der Waals surface area (Å²) in [6.45, 7) is 7.70. The van der Waals surface area contributed by atoms with Gasteiger partial charge in [0.1, 0.15) is 5.54 Å².